The van der Waals surface area contributed by atoms with Crippen LogP contribution in [0.4, 0.5) is 0 Å². The SMILES string of the molecule is COc1cc(CNC2CC=CC2)cc(OC)c1. The first-order chi connectivity index (χ1) is 8.31. The van der Waals surface area contributed by atoms with E-state index in [-0.39, 0.29) is 0 Å². The fourth-order valence-corrected chi connectivity index (χ4v) is 2.01. The highest BCUT2D eigenvalue weighted by atomic mass is 16.5. The summed E-state index contributed by atoms with van der Waals surface area (Å²) in [7, 11) is 3.35. The van der Waals surface area contributed by atoms with Crippen molar-refractivity contribution in [1.82, 2.24) is 5.32 Å². The molecule has 0 unspecified atom stereocenters. The summed E-state index contributed by atoms with van der Waals surface area (Å²) in [5.41, 5.74) is 1.19. The lowest BCUT2D eigenvalue weighted by molar-refractivity contribution is 0.392. The molecule has 0 bridgehead atoms. The van der Waals surface area contributed by atoms with Crippen molar-refractivity contribution >= 4 is 0 Å². The Morgan fingerprint density at radius 3 is 2.18 bits per heavy atom. The third kappa shape index (κ3) is 3.24. The monoisotopic (exact) mass is 233 g/mol. The van der Waals surface area contributed by atoms with E-state index in [4.69, 9.17) is 9.47 Å². The minimum atomic E-state index is 0.576. The van der Waals surface area contributed by atoms with Crippen molar-refractivity contribution < 1.29 is 9.47 Å². The smallest absolute Gasteiger partial charge is 0.122 e. The Hall–Kier alpha value is -1.48. The normalized spacial score (nSPS) is 15.2. The summed E-state index contributed by atoms with van der Waals surface area (Å²) < 4.78 is 10.5. The van der Waals surface area contributed by atoms with Gasteiger partial charge in [-0.3, -0.25) is 0 Å². The van der Waals surface area contributed by atoms with Gasteiger partial charge in [-0.05, 0) is 30.5 Å². The van der Waals surface area contributed by atoms with E-state index in [1.165, 1.54) is 5.56 Å². The first-order valence-electron chi connectivity index (χ1n) is 5.92. The van der Waals surface area contributed by atoms with Gasteiger partial charge in [0.1, 0.15) is 11.5 Å². The Labute approximate surface area is 102 Å². The van der Waals surface area contributed by atoms with E-state index in [0.29, 0.717) is 6.04 Å². The van der Waals surface area contributed by atoms with E-state index in [0.717, 1.165) is 30.9 Å². The van der Waals surface area contributed by atoms with Gasteiger partial charge in [-0.15, -0.1) is 0 Å². The molecule has 0 spiro atoms. The molecule has 0 aromatic heterocycles. The van der Waals surface area contributed by atoms with Crippen LogP contribution in [0, 0.1) is 0 Å². The third-order valence-electron chi connectivity index (χ3n) is 3.01. The van der Waals surface area contributed by atoms with Gasteiger partial charge in [0, 0.05) is 18.7 Å². The number of methoxy groups -OCH3 is 2. The van der Waals surface area contributed by atoms with E-state index < -0.39 is 0 Å². The number of rotatable bonds is 5. The van der Waals surface area contributed by atoms with Gasteiger partial charge in [0.05, 0.1) is 14.2 Å². The van der Waals surface area contributed by atoms with Gasteiger partial charge in [0.25, 0.3) is 0 Å². The highest BCUT2D eigenvalue weighted by molar-refractivity contribution is 5.38. The summed E-state index contributed by atoms with van der Waals surface area (Å²) >= 11 is 0. The van der Waals surface area contributed by atoms with Gasteiger partial charge in [-0.25, -0.2) is 0 Å². The molecular formula is C14H19NO2. The second-order valence-corrected chi connectivity index (χ2v) is 4.24. The highest BCUT2D eigenvalue weighted by Gasteiger charge is 2.09. The molecular weight excluding hydrogens is 214 g/mol. The average Bonchev–Trinajstić information content (AvgIpc) is 2.89. The molecule has 2 rings (SSSR count). The minimum absolute atomic E-state index is 0.576. The minimum Gasteiger partial charge on any atom is -0.497 e. The fourth-order valence-electron chi connectivity index (χ4n) is 2.01. The van der Waals surface area contributed by atoms with Crippen molar-refractivity contribution in [2.24, 2.45) is 0 Å². The molecule has 1 aromatic rings. The van der Waals surface area contributed by atoms with Crippen LogP contribution < -0.4 is 14.8 Å². The first kappa shape index (κ1) is 12.0. The fraction of sp³-hybridized carbons (Fsp3) is 0.429. The van der Waals surface area contributed by atoms with Gasteiger partial charge in [0.2, 0.25) is 0 Å². The second-order valence-electron chi connectivity index (χ2n) is 4.24. The Kier molecular flexibility index (Phi) is 4.04. The summed E-state index contributed by atoms with van der Waals surface area (Å²) in [5, 5.41) is 3.53. The molecule has 0 saturated heterocycles. The van der Waals surface area contributed by atoms with Crippen molar-refractivity contribution in [3.63, 3.8) is 0 Å². The predicted octanol–water partition coefficient (Wildman–Crippen LogP) is 2.51. The van der Waals surface area contributed by atoms with Crippen molar-refractivity contribution in [3.05, 3.63) is 35.9 Å². The highest BCUT2D eigenvalue weighted by Crippen LogP contribution is 2.22. The molecule has 92 valence electrons. The maximum absolute atomic E-state index is 5.25. The van der Waals surface area contributed by atoms with Crippen LogP contribution in [0.25, 0.3) is 0 Å². The molecule has 0 fully saturated rings. The van der Waals surface area contributed by atoms with E-state index >= 15 is 0 Å². The number of hydrogen-bond acceptors (Lipinski definition) is 3. The summed E-state index contributed by atoms with van der Waals surface area (Å²) in [6.07, 6.45) is 6.70. The first-order valence-corrected chi connectivity index (χ1v) is 5.92. The van der Waals surface area contributed by atoms with Crippen LogP contribution in [0.3, 0.4) is 0 Å². The molecule has 1 aromatic carbocycles. The molecule has 1 N–H and O–H groups in total. The summed E-state index contributed by atoms with van der Waals surface area (Å²) in [6, 6.07) is 6.54. The van der Waals surface area contributed by atoms with Crippen molar-refractivity contribution in [2.75, 3.05) is 14.2 Å². The molecule has 1 aliphatic rings. The molecule has 0 aliphatic heterocycles. The van der Waals surface area contributed by atoms with E-state index in [9.17, 15) is 0 Å². The maximum Gasteiger partial charge on any atom is 0.122 e. The Balaban J connectivity index is 1.98. The van der Waals surface area contributed by atoms with Gasteiger partial charge in [-0.2, -0.15) is 0 Å². The summed E-state index contributed by atoms with van der Waals surface area (Å²) in [6.45, 7) is 0.847. The van der Waals surface area contributed by atoms with Crippen molar-refractivity contribution in [1.29, 1.82) is 0 Å². The zero-order chi connectivity index (χ0) is 12.1. The molecule has 0 amide bonds. The van der Waals surface area contributed by atoms with Crippen LogP contribution in [0.5, 0.6) is 11.5 Å². The lowest BCUT2D eigenvalue weighted by Gasteiger charge is -2.13. The van der Waals surface area contributed by atoms with Gasteiger partial charge in [0.15, 0.2) is 0 Å². The Bertz CT molecular complexity index is 371. The second kappa shape index (κ2) is 5.73. The van der Waals surface area contributed by atoms with Crippen LogP contribution in [0.2, 0.25) is 0 Å². The quantitative estimate of drug-likeness (QED) is 0.793. The van der Waals surface area contributed by atoms with Gasteiger partial charge < -0.3 is 14.8 Å². The molecule has 1 aliphatic carbocycles. The number of benzene rings is 1. The third-order valence-corrected chi connectivity index (χ3v) is 3.01. The lowest BCUT2D eigenvalue weighted by Crippen LogP contribution is -2.25. The van der Waals surface area contributed by atoms with Crippen LogP contribution in [-0.4, -0.2) is 20.3 Å². The maximum atomic E-state index is 5.25. The molecule has 0 heterocycles. The summed E-state index contributed by atoms with van der Waals surface area (Å²) in [5.74, 6) is 1.68. The molecule has 3 heteroatoms. The topological polar surface area (TPSA) is 30.5 Å². The van der Waals surface area contributed by atoms with E-state index in [2.05, 4.69) is 17.5 Å². The molecule has 3 nitrogen and oxygen atoms in total. The lowest BCUT2D eigenvalue weighted by atomic mass is 10.1. The predicted molar refractivity (Wildman–Crippen MR) is 68.5 cm³/mol. The zero-order valence-corrected chi connectivity index (χ0v) is 10.4. The molecule has 17 heavy (non-hydrogen) atoms. The van der Waals surface area contributed by atoms with E-state index in [1.54, 1.807) is 14.2 Å². The van der Waals surface area contributed by atoms with Crippen LogP contribution >= 0.6 is 0 Å². The number of ether oxygens (including phenoxy) is 2. The Morgan fingerprint density at radius 2 is 1.65 bits per heavy atom. The van der Waals surface area contributed by atoms with Gasteiger partial charge in [-0.1, -0.05) is 12.2 Å². The van der Waals surface area contributed by atoms with Crippen LogP contribution in [0.1, 0.15) is 18.4 Å². The zero-order valence-electron chi connectivity index (χ0n) is 10.4. The van der Waals surface area contributed by atoms with Gasteiger partial charge >= 0.3 is 0 Å². The van der Waals surface area contributed by atoms with Crippen molar-refractivity contribution in [2.45, 2.75) is 25.4 Å². The molecule has 0 atom stereocenters. The van der Waals surface area contributed by atoms with Crippen molar-refractivity contribution in [3.8, 4) is 11.5 Å². The average molecular weight is 233 g/mol. The Morgan fingerprint density at radius 1 is 1.06 bits per heavy atom. The van der Waals surface area contributed by atoms with Crippen LogP contribution in [0.15, 0.2) is 30.4 Å². The molecule has 0 saturated carbocycles. The standard InChI is InChI=1S/C14H19NO2/c1-16-13-7-11(8-14(9-13)17-2)10-15-12-5-3-4-6-12/h3-4,7-9,12,15H,5-6,10H2,1-2H3. The number of hydrogen-bond donors (Lipinski definition) is 1. The number of nitrogens with one attached hydrogen (secondary N) is 1. The molecule has 0 radical (unpaired) electrons. The summed E-state index contributed by atoms with van der Waals surface area (Å²) in [4.78, 5) is 0. The van der Waals surface area contributed by atoms with Crippen LogP contribution in [-0.2, 0) is 6.54 Å². The van der Waals surface area contributed by atoms with E-state index in [1.807, 2.05) is 18.2 Å². The largest absolute Gasteiger partial charge is 0.497 e.